The average molecular weight is 351 g/mol. The molecular weight excluding hydrogens is 326 g/mol. The van der Waals surface area contributed by atoms with Crippen LogP contribution in [0.1, 0.15) is 20.8 Å². The first kappa shape index (κ1) is 21.8. The van der Waals surface area contributed by atoms with Gasteiger partial charge in [0.2, 0.25) is 5.91 Å². The Balaban J connectivity index is 0.000000496. The SMILES string of the molecule is CCN(C(C)=O)C(SC)C(C#N)C(=O)O.CCNc1ccccc1. The Kier molecular flexibility index (Phi) is 11.1. The van der Waals surface area contributed by atoms with Gasteiger partial charge in [0.1, 0.15) is 5.37 Å². The lowest BCUT2D eigenvalue weighted by Gasteiger charge is -2.29. The number of hydrogen-bond donors (Lipinski definition) is 2. The van der Waals surface area contributed by atoms with Gasteiger partial charge in [-0.3, -0.25) is 9.59 Å². The van der Waals surface area contributed by atoms with Crippen molar-refractivity contribution in [3.63, 3.8) is 0 Å². The number of carboxylic acids is 1. The Hall–Kier alpha value is -2.20. The lowest BCUT2D eigenvalue weighted by Crippen LogP contribution is -2.43. The highest BCUT2D eigenvalue weighted by Gasteiger charge is 2.33. The van der Waals surface area contributed by atoms with E-state index in [9.17, 15) is 9.59 Å². The van der Waals surface area contributed by atoms with Crippen LogP contribution in [-0.2, 0) is 9.59 Å². The van der Waals surface area contributed by atoms with Gasteiger partial charge in [-0.2, -0.15) is 5.26 Å². The molecule has 6 nitrogen and oxygen atoms in total. The summed E-state index contributed by atoms with van der Waals surface area (Å²) in [7, 11) is 0. The van der Waals surface area contributed by atoms with Crippen molar-refractivity contribution in [2.45, 2.75) is 26.1 Å². The third kappa shape index (κ3) is 7.38. The Morgan fingerprint density at radius 1 is 1.33 bits per heavy atom. The first-order chi connectivity index (χ1) is 11.4. The topological polar surface area (TPSA) is 93.4 Å². The molecule has 7 heteroatoms. The van der Waals surface area contributed by atoms with Gasteiger partial charge in [-0.05, 0) is 32.2 Å². The summed E-state index contributed by atoms with van der Waals surface area (Å²) in [5.74, 6) is -2.61. The number of carbonyl (C=O) groups excluding carboxylic acids is 1. The van der Waals surface area contributed by atoms with Crippen LogP contribution in [-0.4, -0.2) is 46.6 Å². The molecule has 2 atom stereocenters. The first-order valence-corrected chi connectivity index (χ1v) is 8.92. The Morgan fingerprint density at radius 3 is 2.25 bits per heavy atom. The third-order valence-corrected chi connectivity index (χ3v) is 4.15. The van der Waals surface area contributed by atoms with Crippen molar-refractivity contribution < 1.29 is 14.7 Å². The van der Waals surface area contributed by atoms with Crippen molar-refractivity contribution in [3.8, 4) is 6.07 Å². The number of carbonyl (C=O) groups is 2. The van der Waals surface area contributed by atoms with E-state index in [1.807, 2.05) is 18.2 Å². The molecule has 0 saturated carbocycles. The van der Waals surface area contributed by atoms with Crippen molar-refractivity contribution in [3.05, 3.63) is 30.3 Å². The average Bonchev–Trinajstić information content (AvgIpc) is 2.56. The van der Waals surface area contributed by atoms with Crippen LogP contribution < -0.4 is 5.32 Å². The molecule has 1 aromatic rings. The van der Waals surface area contributed by atoms with Gasteiger partial charge in [0.15, 0.2) is 5.92 Å². The van der Waals surface area contributed by atoms with Crippen LogP contribution >= 0.6 is 11.8 Å². The monoisotopic (exact) mass is 351 g/mol. The van der Waals surface area contributed by atoms with E-state index < -0.39 is 17.3 Å². The molecule has 1 amide bonds. The third-order valence-electron chi connectivity index (χ3n) is 3.14. The highest BCUT2D eigenvalue weighted by Crippen LogP contribution is 2.21. The lowest BCUT2D eigenvalue weighted by atomic mass is 10.1. The molecule has 2 N–H and O–H groups in total. The fourth-order valence-electron chi connectivity index (χ4n) is 2.03. The molecule has 0 saturated heterocycles. The van der Waals surface area contributed by atoms with Crippen LogP contribution in [0.4, 0.5) is 5.69 Å². The molecule has 0 aromatic heterocycles. The quantitative estimate of drug-likeness (QED) is 0.734. The largest absolute Gasteiger partial charge is 0.480 e. The first-order valence-electron chi connectivity index (χ1n) is 7.64. The molecule has 0 aliphatic rings. The summed E-state index contributed by atoms with van der Waals surface area (Å²) in [5.41, 5.74) is 1.19. The van der Waals surface area contributed by atoms with Crippen LogP contribution in [0.5, 0.6) is 0 Å². The molecular formula is C17H25N3O3S. The number of rotatable bonds is 7. The van der Waals surface area contributed by atoms with Gasteiger partial charge in [-0.25, -0.2) is 0 Å². The molecule has 1 rings (SSSR count). The van der Waals surface area contributed by atoms with Crippen LogP contribution in [0, 0.1) is 17.2 Å². The number of benzene rings is 1. The second-order valence-electron chi connectivity index (χ2n) is 4.77. The minimum atomic E-state index is -1.20. The minimum absolute atomic E-state index is 0.224. The number of nitriles is 1. The summed E-state index contributed by atoms with van der Waals surface area (Å²) in [5, 5.41) is 20.1. The van der Waals surface area contributed by atoms with E-state index in [0.717, 1.165) is 6.54 Å². The number of amides is 1. The molecule has 0 aliphatic carbocycles. The number of thioether (sulfide) groups is 1. The summed E-state index contributed by atoms with van der Waals surface area (Å²) < 4.78 is 0. The van der Waals surface area contributed by atoms with Gasteiger partial charge in [-0.15, -0.1) is 11.8 Å². The fraction of sp³-hybridized carbons (Fsp3) is 0.471. The summed E-state index contributed by atoms with van der Waals surface area (Å²) >= 11 is 1.19. The van der Waals surface area contributed by atoms with Crippen molar-refractivity contribution in [2.24, 2.45) is 5.92 Å². The number of nitrogens with zero attached hydrogens (tertiary/aromatic N) is 2. The predicted octanol–water partition coefficient (Wildman–Crippen LogP) is 2.89. The zero-order valence-electron chi connectivity index (χ0n) is 14.5. The van der Waals surface area contributed by atoms with Crippen LogP contribution in [0.2, 0.25) is 0 Å². The van der Waals surface area contributed by atoms with E-state index in [1.54, 1.807) is 19.2 Å². The van der Waals surface area contributed by atoms with Gasteiger partial charge in [0.05, 0.1) is 6.07 Å². The number of nitrogens with one attached hydrogen (secondary N) is 1. The van der Waals surface area contributed by atoms with Crippen molar-refractivity contribution in [1.29, 1.82) is 5.26 Å². The Bertz CT molecular complexity index is 546. The van der Waals surface area contributed by atoms with E-state index in [1.165, 1.54) is 29.3 Å². The van der Waals surface area contributed by atoms with Gasteiger partial charge >= 0.3 is 5.97 Å². The lowest BCUT2D eigenvalue weighted by molar-refractivity contribution is -0.141. The normalized spacial score (nSPS) is 12.0. The summed E-state index contributed by atoms with van der Waals surface area (Å²) in [6, 6.07) is 11.9. The summed E-state index contributed by atoms with van der Waals surface area (Å²) in [6.07, 6.45) is 1.68. The maximum absolute atomic E-state index is 11.2. The highest BCUT2D eigenvalue weighted by atomic mass is 32.2. The van der Waals surface area contributed by atoms with Crippen molar-refractivity contribution >= 4 is 29.3 Å². The number of anilines is 1. The smallest absolute Gasteiger partial charge is 0.323 e. The second-order valence-corrected chi connectivity index (χ2v) is 5.73. The van der Waals surface area contributed by atoms with Gasteiger partial charge in [0.25, 0.3) is 0 Å². The Labute approximate surface area is 147 Å². The van der Waals surface area contributed by atoms with Crippen LogP contribution in [0.15, 0.2) is 30.3 Å². The van der Waals surface area contributed by atoms with Crippen molar-refractivity contribution in [2.75, 3.05) is 24.7 Å². The number of hydrogen-bond acceptors (Lipinski definition) is 5. The van der Waals surface area contributed by atoms with Gasteiger partial charge in [0, 0.05) is 25.7 Å². The van der Waals surface area contributed by atoms with E-state index >= 15 is 0 Å². The summed E-state index contributed by atoms with van der Waals surface area (Å²) in [4.78, 5) is 23.4. The van der Waals surface area contributed by atoms with Gasteiger partial charge < -0.3 is 15.3 Å². The molecule has 0 heterocycles. The molecule has 24 heavy (non-hydrogen) atoms. The van der Waals surface area contributed by atoms with Crippen molar-refractivity contribution in [1.82, 2.24) is 4.90 Å². The van der Waals surface area contributed by atoms with E-state index in [4.69, 9.17) is 10.4 Å². The molecule has 0 spiro atoms. The van der Waals surface area contributed by atoms with E-state index in [0.29, 0.717) is 6.54 Å². The minimum Gasteiger partial charge on any atom is -0.480 e. The van der Waals surface area contributed by atoms with Gasteiger partial charge in [-0.1, -0.05) is 18.2 Å². The maximum atomic E-state index is 11.2. The molecule has 0 aliphatic heterocycles. The van der Waals surface area contributed by atoms with E-state index in [2.05, 4.69) is 24.4 Å². The molecule has 0 bridgehead atoms. The maximum Gasteiger partial charge on any atom is 0.323 e. The number of aliphatic carboxylic acids is 1. The molecule has 0 radical (unpaired) electrons. The number of para-hydroxylation sites is 1. The van der Waals surface area contributed by atoms with Crippen LogP contribution in [0.3, 0.4) is 0 Å². The number of carboxylic acid groups (broad SMARTS) is 1. The molecule has 2 unspecified atom stereocenters. The van der Waals surface area contributed by atoms with E-state index in [-0.39, 0.29) is 5.91 Å². The highest BCUT2D eigenvalue weighted by molar-refractivity contribution is 7.99. The standard InChI is InChI=1S/C9H14N2O3S.C8H11N/c1-4-11(6(2)12)8(15-3)7(5-10)9(13)14;1-2-9-8-6-4-3-5-7-8/h7-8H,4H2,1-3H3,(H,13,14);3-7,9H,2H2,1H3. The molecule has 1 aromatic carbocycles. The fourth-order valence-corrected chi connectivity index (χ4v) is 3.03. The molecule has 132 valence electrons. The second kappa shape index (κ2) is 12.3. The summed E-state index contributed by atoms with van der Waals surface area (Å²) in [6.45, 7) is 6.59. The Morgan fingerprint density at radius 2 is 1.92 bits per heavy atom. The molecule has 0 fully saturated rings. The van der Waals surface area contributed by atoms with Crippen LogP contribution in [0.25, 0.3) is 0 Å². The predicted molar refractivity (Wildman–Crippen MR) is 97.7 cm³/mol. The zero-order chi connectivity index (χ0) is 18.5. The zero-order valence-corrected chi connectivity index (χ0v) is 15.3.